The predicted molar refractivity (Wildman–Crippen MR) is 96.1 cm³/mol. The number of amides is 2. The lowest BCUT2D eigenvalue weighted by molar-refractivity contribution is -0.135. The Kier molecular flexibility index (Phi) is 6.79. The second kappa shape index (κ2) is 8.63. The van der Waals surface area contributed by atoms with Crippen LogP contribution in [0.15, 0.2) is 24.3 Å². The summed E-state index contributed by atoms with van der Waals surface area (Å²) in [5.74, 6) is -0.237. The van der Waals surface area contributed by atoms with E-state index in [1.54, 1.807) is 4.90 Å². The normalized spacial score (nSPS) is 23.8. The number of hydrogen-bond acceptors (Lipinski definition) is 3. The molecule has 5 nitrogen and oxygen atoms in total. The van der Waals surface area contributed by atoms with Crippen LogP contribution in [0.3, 0.4) is 0 Å². The SMILES string of the molecule is Cl.NC1CCC(C(=O)N2CCCN(C(=O)c3ccc(F)cc3)CC2)C1. The standard InChI is InChI=1S/C18H24FN3O2.ClH/c19-15-5-2-13(3-6-15)17(23)21-8-1-9-22(11-10-21)18(24)14-4-7-16(20)12-14;/h2-3,5-6,14,16H,1,4,7-12,20H2;1H. The third-order valence-electron chi connectivity index (χ3n) is 5.01. The molecular weight excluding hydrogens is 345 g/mol. The molecule has 1 heterocycles. The van der Waals surface area contributed by atoms with Gasteiger partial charge in [-0.1, -0.05) is 0 Å². The number of nitrogens with zero attached hydrogens (tertiary/aromatic N) is 2. The van der Waals surface area contributed by atoms with Gasteiger partial charge in [-0.25, -0.2) is 4.39 Å². The highest BCUT2D eigenvalue weighted by atomic mass is 35.5. The van der Waals surface area contributed by atoms with E-state index >= 15 is 0 Å². The van der Waals surface area contributed by atoms with Gasteiger partial charge >= 0.3 is 0 Å². The highest BCUT2D eigenvalue weighted by molar-refractivity contribution is 5.94. The van der Waals surface area contributed by atoms with Gasteiger partial charge in [0.15, 0.2) is 0 Å². The van der Waals surface area contributed by atoms with Crippen molar-refractivity contribution in [2.24, 2.45) is 11.7 Å². The zero-order valence-electron chi connectivity index (χ0n) is 14.2. The minimum Gasteiger partial charge on any atom is -0.341 e. The zero-order chi connectivity index (χ0) is 17.1. The van der Waals surface area contributed by atoms with E-state index in [0.29, 0.717) is 31.7 Å². The molecule has 25 heavy (non-hydrogen) atoms. The van der Waals surface area contributed by atoms with E-state index in [1.165, 1.54) is 24.3 Å². The lowest BCUT2D eigenvalue weighted by atomic mass is 10.1. The van der Waals surface area contributed by atoms with Gasteiger partial charge < -0.3 is 15.5 Å². The van der Waals surface area contributed by atoms with Crippen LogP contribution in [0.1, 0.15) is 36.0 Å². The van der Waals surface area contributed by atoms with Crippen LogP contribution < -0.4 is 5.73 Å². The second-order valence-corrected chi connectivity index (χ2v) is 6.75. The summed E-state index contributed by atoms with van der Waals surface area (Å²) in [7, 11) is 0. The van der Waals surface area contributed by atoms with Gasteiger partial charge in [0.2, 0.25) is 5.91 Å². The molecule has 1 saturated carbocycles. The largest absolute Gasteiger partial charge is 0.341 e. The number of benzene rings is 1. The Morgan fingerprint density at radius 1 is 1.00 bits per heavy atom. The summed E-state index contributed by atoms with van der Waals surface area (Å²) >= 11 is 0. The monoisotopic (exact) mass is 369 g/mol. The number of carbonyl (C=O) groups excluding carboxylic acids is 2. The molecule has 2 unspecified atom stereocenters. The maximum Gasteiger partial charge on any atom is 0.253 e. The fourth-order valence-corrected chi connectivity index (χ4v) is 3.61. The Morgan fingerprint density at radius 2 is 1.64 bits per heavy atom. The fraction of sp³-hybridized carbons (Fsp3) is 0.556. The number of hydrogen-bond donors (Lipinski definition) is 1. The van der Waals surface area contributed by atoms with Crippen LogP contribution in [0.2, 0.25) is 0 Å². The van der Waals surface area contributed by atoms with Crippen molar-refractivity contribution >= 4 is 24.2 Å². The van der Waals surface area contributed by atoms with Crippen molar-refractivity contribution in [1.29, 1.82) is 0 Å². The molecule has 138 valence electrons. The van der Waals surface area contributed by atoms with Crippen molar-refractivity contribution in [3.05, 3.63) is 35.6 Å². The zero-order valence-corrected chi connectivity index (χ0v) is 15.0. The molecule has 3 rings (SSSR count). The first-order chi connectivity index (χ1) is 11.5. The summed E-state index contributed by atoms with van der Waals surface area (Å²) in [5.41, 5.74) is 6.39. The molecule has 7 heteroatoms. The van der Waals surface area contributed by atoms with Gasteiger partial charge in [0.05, 0.1) is 0 Å². The molecule has 2 N–H and O–H groups in total. The van der Waals surface area contributed by atoms with E-state index in [9.17, 15) is 14.0 Å². The smallest absolute Gasteiger partial charge is 0.253 e. The molecule has 2 fully saturated rings. The van der Waals surface area contributed by atoms with Crippen LogP contribution in [0, 0.1) is 11.7 Å². The van der Waals surface area contributed by atoms with Crippen LogP contribution in [0.5, 0.6) is 0 Å². The highest BCUT2D eigenvalue weighted by Crippen LogP contribution is 2.26. The third kappa shape index (κ3) is 4.70. The van der Waals surface area contributed by atoms with Crippen molar-refractivity contribution in [3.8, 4) is 0 Å². The van der Waals surface area contributed by atoms with Crippen molar-refractivity contribution in [3.63, 3.8) is 0 Å². The summed E-state index contributed by atoms with van der Waals surface area (Å²) in [6.45, 7) is 2.36. The van der Waals surface area contributed by atoms with Crippen molar-refractivity contribution in [2.45, 2.75) is 31.7 Å². The Balaban J connectivity index is 0.00000225. The molecule has 1 aromatic carbocycles. The van der Waals surface area contributed by atoms with E-state index in [1.807, 2.05) is 4.90 Å². The van der Waals surface area contributed by atoms with Crippen LogP contribution in [-0.4, -0.2) is 53.8 Å². The number of carbonyl (C=O) groups is 2. The van der Waals surface area contributed by atoms with E-state index in [-0.39, 0.29) is 42.0 Å². The maximum atomic E-state index is 13.0. The summed E-state index contributed by atoms with van der Waals surface area (Å²) in [4.78, 5) is 28.8. The Labute approximate surface area is 153 Å². The lowest BCUT2D eigenvalue weighted by Crippen LogP contribution is -2.39. The molecule has 2 aliphatic rings. The number of nitrogens with two attached hydrogens (primary N) is 1. The van der Waals surface area contributed by atoms with Gasteiger partial charge in [-0.2, -0.15) is 0 Å². The topological polar surface area (TPSA) is 66.6 Å². The molecule has 1 aromatic rings. The molecule has 0 aromatic heterocycles. The Morgan fingerprint density at radius 3 is 2.28 bits per heavy atom. The van der Waals surface area contributed by atoms with Gasteiger partial charge in [0.25, 0.3) is 5.91 Å². The predicted octanol–water partition coefficient (Wildman–Crippen LogP) is 2.05. The molecule has 0 radical (unpaired) electrons. The van der Waals surface area contributed by atoms with Gasteiger partial charge in [-0.05, 0) is 49.9 Å². The first-order valence-electron chi connectivity index (χ1n) is 8.64. The molecule has 0 spiro atoms. The third-order valence-corrected chi connectivity index (χ3v) is 5.01. The van der Waals surface area contributed by atoms with Crippen LogP contribution >= 0.6 is 12.4 Å². The van der Waals surface area contributed by atoms with E-state index in [2.05, 4.69) is 0 Å². The Bertz CT molecular complexity index is 611. The van der Waals surface area contributed by atoms with Gasteiger partial charge in [0.1, 0.15) is 5.82 Å². The maximum absolute atomic E-state index is 13.0. The van der Waals surface area contributed by atoms with Crippen molar-refractivity contribution in [2.75, 3.05) is 26.2 Å². The molecule has 1 aliphatic heterocycles. The molecule has 0 bridgehead atoms. The van der Waals surface area contributed by atoms with Crippen LogP contribution in [-0.2, 0) is 4.79 Å². The summed E-state index contributed by atoms with van der Waals surface area (Å²) in [5, 5.41) is 0. The molecule has 1 aliphatic carbocycles. The van der Waals surface area contributed by atoms with Gasteiger partial charge in [0, 0.05) is 43.7 Å². The lowest BCUT2D eigenvalue weighted by Gasteiger charge is -2.24. The minimum absolute atomic E-state index is 0. The fourth-order valence-electron chi connectivity index (χ4n) is 3.61. The minimum atomic E-state index is -0.353. The number of halogens is 2. The summed E-state index contributed by atoms with van der Waals surface area (Å²) in [6.07, 6.45) is 3.32. The highest BCUT2D eigenvalue weighted by Gasteiger charge is 2.32. The quantitative estimate of drug-likeness (QED) is 0.867. The van der Waals surface area contributed by atoms with Crippen LogP contribution in [0.25, 0.3) is 0 Å². The summed E-state index contributed by atoms with van der Waals surface area (Å²) in [6, 6.07) is 5.74. The van der Waals surface area contributed by atoms with Gasteiger partial charge in [-0.15, -0.1) is 12.4 Å². The average molecular weight is 370 g/mol. The second-order valence-electron chi connectivity index (χ2n) is 6.75. The van der Waals surface area contributed by atoms with Crippen molar-refractivity contribution < 1.29 is 14.0 Å². The average Bonchev–Trinajstić information content (AvgIpc) is 2.87. The molecule has 1 saturated heterocycles. The Hall–Kier alpha value is -1.66. The molecular formula is C18H25ClFN3O2. The van der Waals surface area contributed by atoms with E-state index in [4.69, 9.17) is 5.73 Å². The van der Waals surface area contributed by atoms with Gasteiger partial charge in [-0.3, -0.25) is 9.59 Å². The number of rotatable bonds is 2. The van der Waals surface area contributed by atoms with E-state index < -0.39 is 0 Å². The molecule has 2 amide bonds. The van der Waals surface area contributed by atoms with Crippen LogP contribution in [0.4, 0.5) is 4.39 Å². The first kappa shape index (κ1) is 19.7. The molecule has 2 atom stereocenters. The van der Waals surface area contributed by atoms with E-state index in [0.717, 1.165) is 25.7 Å². The first-order valence-corrected chi connectivity index (χ1v) is 8.64. The van der Waals surface area contributed by atoms with Crippen molar-refractivity contribution in [1.82, 2.24) is 9.80 Å². The summed E-state index contributed by atoms with van der Waals surface area (Å²) < 4.78 is 13.0.